The molecule has 32 heavy (non-hydrogen) atoms. The molecular weight excluding hydrogens is 448 g/mol. The number of benzene rings is 2. The molecule has 0 aliphatic heterocycles. The Kier molecular flexibility index (Phi) is 7.38. The standard InChI is InChI=1S/C23H27ClN4O3S/c1-5-27(6-2)32(30,31)22-14-18(12-13-21(22)24)23(29)25-15-20-16(3)26-28(17(20)4)19-10-8-7-9-11-19/h7-14H,5-6,15H2,1-4H3,(H,25,29). The Morgan fingerprint density at radius 3 is 2.38 bits per heavy atom. The van der Waals surface area contributed by atoms with Crippen molar-refractivity contribution < 1.29 is 13.2 Å². The summed E-state index contributed by atoms with van der Waals surface area (Å²) in [6.45, 7) is 8.25. The second-order valence-electron chi connectivity index (χ2n) is 7.31. The molecule has 0 atom stereocenters. The van der Waals surface area contributed by atoms with E-state index in [4.69, 9.17) is 11.6 Å². The van der Waals surface area contributed by atoms with Gasteiger partial charge in [-0.25, -0.2) is 13.1 Å². The first-order chi connectivity index (χ1) is 15.2. The molecule has 0 saturated carbocycles. The van der Waals surface area contributed by atoms with Crippen molar-refractivity contribution in [1.29, 1.82) is 0 Å². The van der Waals surface area contributed by atoms with Crippen LogP contribution in [0.5, 0.6) is 0 Å². The number of hydrogen-bond acceptors (Lipinski definition) is 4. The minimum Gasteiger partial charge on any atom is -0.348 e. The summed E-state index contributed by atoms with van der Waals surface area (Å²) in [7, 11) is -3.79. The third kappa shape index (κ3) is 4.72. The first-order valence-corrected chi connectivity index (χ1v) is 12.2. The normalized spacial score (nSPS) is 11.7. The summed E-state index contributed by atoms with van der Waals surface area (Å²) < 4.78 is 28.9. The van der Waals surface area contributed by atoms with Crippen LogP contribution in [0, 0.1) is 13.8 Å². The summed E-state index contributed by atoms with van der Waals surface area (Å²) in [4.78, 5) is 12.8. The van der Waals surface area contributed by atoms with Gasteiger partial charge in [-0.3, -0.25) is 4.79 Å². The number of rotatable bonds is 8. The van der Waals surface area contributed by atoms with Crippen molar-refractivity contribution in [2.24, 2.45) is 0 Å². The lowest BCUT2D eigenvalue weighted by Gasteiger charge is -2.19. The molecule has 7 nitrogen and oxygen atoms in total. The molecule has 0 spiro atoms. The first kappa shape index (κ1) is 24.0. The lowest BCUT2D eigenvalue weighted by molar-refractivity contribution is 0.0950. The van der Waals surface area contributed by atoms with Gasteiger partial charge in [-0.05, 0) is 44.2 Å². The van der Waals surface area contributed by atoms with Gasteiger partial charge in [0.1, 0.15) is 4.90 Å². The van der Waals surface area contributed by atoms with Gasteiger partial charge in [-0.2, -0.15) is 9.40 Å². The quantitative estimate of drug-likeness (QED) is 0.532. The number of carbonyl (C=O) groups is 1. The molecular formula is C23H27ClN4O3S. The Morgan fingerprint density at radius 2 is 1.75 bits per heavy atom. The molecule has 2 aromatic carbocycles. The van der Waals surface area contributed by atoms with Gasteiger partial charge in [0.15, 0.2) is 0 Å². The highest BCUT2D eigenvalue weighted by molar-refractivity contribution is 7.89. The molecule has 1 amide bonds. The van der Waals surface area contributed by atoms with Crippen molar-refractivity contribution in [2.75, 3.05) is 13.1 Å². The Morgan fingerprint density at radius 1 is 1.09 bits per heavy atom. The van der Waals surface area contributed by atoms with Crippen LogP contribution >= 0.6 is 11.6 Å². The van der Waals surface area contributed by atoms with Crippen LogP contribution in [0.3, 0.4) is 0 Å². The number of nitrogens with one attached hydrogen (secondary N) is 1. The molecule has 1 heterocycles. The molecule has 0 unspecified atom stereocenters. The van der Waals surface area contributed by atoms with Crippen LogP contribution in [-0.2, 0) is 16.6 Å². The zero-order valence-corrected chi connectivity index (χ0v) is 20.2. The molecule has 0 fully saturated rings. The van der Waals surface area contributed by atoms with Gasteiger partial charge in [0.25, 0.3) is 5.91 Å². The van der Waals surface area contributed by atoms with E-state index in [0.29, 0.717) is 13.1 Å². The van der Waals surface area contributed by atoms with E-state index in [1.54, 1.807) is 13.8 Å². The lowest BCUT2D eigenvalue weighted by atomic mass is 10.1. The third-order valence-electron chi connectivity index (χ3n) is 5.38. The minimum absolute atomic E-state index is 0.0697. The van der Waals surface area contributed by atoms with Gasteiger partial charge in [0, 0.05) is 36.5 Å². The summed E-state index contributed by atoms with van der Waals surface area (Å²) in [6.07, 6.45) is 0. The summed E-state index contributed by atoms with van der Waals surface area (Å²) in [5, 5.41) is 7.55. The maximum atomic E-state index is 12.9. The number of hydrogen-bond donors (Lipinski definition) is 1. The number of sulfonamides is 1. The van der Waals surface area contributed by atoms with E-state index in [1.807, 2.05) is 48.9 Å². The number of carbonyl (C=O) groups excluding carboxylic acids is 1. The van der Waals surface area contributed by atoms with Crippen molar-refractivity contribution in [2.45, 2.75) is 39.1 Å². The van der Waals surface area contributed by atoms with E-state index in [0.717, 1.165) is 22.6 Å². The van der Waals surface area contributed by atoms with Crippen LogP contribution in [0.25, 0.3) is 5.69 Å². The maximum absolute atomic E-state index is 12.9. The summed E-state index contributed by atoms with van der Waals surface area (Å²) in [5.41, 5.74) is 3.81. The van der Waals surface area contributed by atoms with Crippen molar-refractivity contribution in [3.63, 3.8) is 0 Å². The summed E-state index contributed by atoms with van der Waals surface area (Å²) in [6, 6.07) is 14.0. The molecule has 9 heteroatoms. The largest absolute Gasteiger partial charge is 0.348 e. The zero-order chi connectivity index (χ0) is 23.5. The molecule has 0 bridgehead atoms. The Hall–Kier alpha value is -2.68. The molecule has 0 radical (unpaired) electrons. The highest BCUT2D eigenvalue weighted by Crippen LogP contribution is 2.26. The van der Waals surface area contributed by atoms with Crippen LogP contribution < -0.4 is 5.32 Å². The Labute approximate surface area is 194 Å². The second kappa shape index (κ2) is 9.85. The van der Waals surface area contributed by atoms with Crippen molar-refractivity contribution >= 4 is 27.5 Å². The number of para-hydroxylation sites is 1. The SMILES string of the molecule is CCN(CC)S(=O)(=O)c1cc(C(=O)NCc2c(C)nn(-c3ccccc3)c2C)ccc1Cl. The minimum atomic E-state index is -3.79. The number of aryl methyl sites for hydroxylation is 1. The topological polar surface area (TPSA) is 84.3 Å². The zero-order valence-electron chi connectivity index (χ0n) is 18.6. The summed E-state index contributed by atoms with van der Waals surface area (Å²) in [5.74, 6) is -0.385. The molecule has 0 saturated heterocycles. The molecule has 3 aromatic rings. The predicted molar refractivity (Wildman–Crippen MR) is 126 cm³/mol. The predicted octanol–water partition coefficient (Wildman–Crippen LogP) is 4.10. The van der Waals surface area contributed by atoms with E-state index in [1.165, 1.54) is 22.5 Å². The van der Waals surface area contributed by atoms with E-state index < -0.39 is 10.0 Å². The van der Waals surface area contributed by atoms with Crippen LogP contribution in [-0.4, -0.2) is 41.5 Å². The highest BCUT2D eigenvalue weighted by atomic mass is 35.5. The monoisotopic (exact) mass is 474 g/mol. The van der Waals surface area contributed by atoms with Crippen molar-refractivity contribution in [1.82, 2.24) is 19.4 Å². The van der Waals surface area contributed by atoms with Crippen molar-refractivity contribution in [3.05, 3.63) is 76.1 Å². The Bertz CT molecular complexity index is 1220. The van der Waals surface area contributed by atoms with Gasteiger partial charge in [0.2, 0.25) is 10.0 Å². The fourth-order valence-corrected chi connectivity index (χ4v) is 5.53. The van der Waals surface area contributed by atoms with Gasteiger partial charge in [-0.15, -0.1) is 0 Å². The highest BCUT2D eigenvalue weighted by Gasteiger charge is 2.25. The fraction of sp³-hybridized carbons (Fsp3) is 0.304. The number of aromatic nitrogens is 2. The molecule has 3 rings (SSSR count). The maximum Gasteiger partial charge on any atom is 0.251 e. The first-order valence-electron chi connectivity index (χ1n) is 10.4. The van der Waals surface area contributed by atoms with E-state index in [9.17, 15) is 13.2 Å². The average molecular weight is 475 g/mol. The van der Waals surface area contributed by atoms with Crippen LogP contribution in [0.2, 0.25) is 5.02 Å². The number of amides is 1. The van der Waals surface area contributed by atoms with Crippen LogP contribution in [0.15, 0.2) is 53.4 Å². The molecule has 170 valence electrons. The average Bonchev–Trinajstić information content (AvgIpc) is 3.06. The molecule has 0 aliphatic carbocycles. The summed E-state index contributed by atoms with van der Waals surface area (Å²) >= 11 is 6.17. The van der Waals surface area contributed by atoms with E-state index in [2.05, 4.69) is 10.4 Å². The van der Waals surface area contributed by atoms with E-state index >= 15 is 0 Å². The van der Waals surface area contributed by atoms with Gasteiger partial charge in [-0.1, -0.05) is 43.6 Å². The smallest absolute Gasteiger partial charge is 0.251 e. The molecule has 1 aromatic heterocycles. The fourth-order valence-electron chi connectivity index (χ4n) is 3.57. The molecule has 0 aliphatic rings. The van der Waals surface area contributed by atoms with Gasteiger partial charge >= 0.3 is 0 Å². The number of halogens is 1. The Balaban J connectivity index is 1.83. The van der Waals surface area contributed by atoms with Crippen LogP contribution in [0.4, 0.5) is 0 Å². The van der Waals surface area contributed by atoms with Crippen molar-refractivity contribution in [3.8, 4) is 5.69 Å². The number of nitrogens with zero attached hydrogens (tertiary/aromatic N) is 3. The van der Waals surface area contributed by atoms with Gasteiger partial charge in [0.05, 0.1) is 16.4 Å². The van der Waals surface area contributed by atoms with E-state index in [-0.39, 0.29) is 27.9 Å². The molecule has 1 N–H and O–H groups in total. The lowest BCUT2D eigenvalue weighted by Crippen LogP contribution is -2.31. The van der Waals surface area contributed by atoms with Gasteiger partial charge < -0.3 is 5.32 Å². The third-order valence-corrected chi connectivity index (χ3v) is 7.92. The second-order valence-corrected chi connectivity index (χ2v) is 9.63. The van der Waals surface area contributed by atoms with Crippen LogP contribution in [0.1, 0.15) is 41.2 Å².